The lowest BCUT2D eigenvalue weighted by molar-refractivity contribution is 0.360. The van der Waals surface area contributed by atoms with Crippen LogP contribution in [0, 0.1) is 0 Å². The van der Waals surface area contributed by atoms with Crippen LogP contribution in [0.1, 0.15) is 11.1 Å². The van der Waals surface area contributed by atoms with Gasteiger partial charge < -0.3 is 14.0 Å². The van der Waals surface area contributed by atoms with Gasteiger partial charge in [0.05, 0.1) is 25.9 Å². The van der Waals surface area contributed by atoms with E-state index in [9.17, 15) is 8.42 Å². The molecular weight excluding hydrogens is 472 g/mol. The zero-order chi connectivity index (χ0) is 24.0. The molecule has 0 amide bonds. The van der Waals surface area contributed by atoms with Gasteiger partial charge in [-0.2, -0.15) is 10.2 Å². The third-order valence-electron chi connectivity index (χ3n) is 5.84. The maximum atomic E-state index is 13.5. The number of hydrogen-bond acceptors (Lipinski definition) is 8. The van der Waals surface area contributed by atoms with E-state index in [1.54, 1.807) is 46.2 Å². The smallest absolute Gasteiger partial charge is 0.266 e. The summed E-state index contributed by atoms with van der Waals surface area (Å²) in [5.74, 6) is 0.806. The lowest BCUT2D eigenvalue weighted by Gasteiger charge is -2.13. The number of nitrogens with one attached hydrogen (secondary N) is 1. The van der Waals surface area contributed by atoms with Crippen molar-refractivity contribution < 1.29 is 22.4 Å². The van der Waals surface area contributed by atoms with Crippen molar-refractivity contribution in [1.29, 1.82) is 0 Å². The molecule has 0 bridgehead atoms. The number of anilines is 1. The van der Waals surface area contributed by atoms with Gasteiger partial charge in [0.15, 0.2) is 11.4 Å². The fraction of sp³-hybridized carbons (Fsp3) is 0.174. The molecule has 178 valence electrons. The second-order valence-electron chi connectivity index (χ2n) is 7.94. The quantitative estimate of drug-likeness (QED) is 0.367. The number of benzene rings is 2. The van der Waals surface area contributed by atoms with E-state index in [1.165, 1.54) is 13.2 Å². The summed E-state index contributed by atoms with van der Waals surface area (Å²) in [5.41, 5.74) is 2.94. The molecule has 0 fully saturated rings. The van der Waals surface area contributed by atoms with E-state index >= 15 is 0 Å². The monoisotopic (exact) mass is 492 g/mol. The summed E-state index contributed by atoms with van der Waals surface area (Å²) < 4.78 is 49.6. The zero-order valence-corrected chi connectivity index (χ0v) is 19.4. The van der Waals surface area contributed by atoms with Gasteiger partial charge in [-0.3, -0.25) is 9.40 Å². The molecular formula is C23H20N6O5S. The fourth-order valence-corrected chi connectivity index (χ4v) is 5.45. The number of ether oxygens (including phenoxy) is 2. The summed E-state index contributed by atoms with van der Waals surface area (Å²) in [4.78, 5) is -0.0583. The molecule has 2 aromatic carbocycles. The van der Waals surface area contributed by atoms with Gasteiger partial charge >= 0.3 is 0 Å². The highest BCUT2D eigenvalue weighted by Crippen LogP contribution is 2.42. The minimum atomic E-state index is -4.11. The van der Waals surface area contributed by atoms with E-state index in [4.69, 9.17) is 14.0 Å². The Morgan fingerprint density at radius 1 is 1.14 bits per heavy atom. The largest absolute Gasteiger partial charge is 0.495 e. The highest BCUT2D eigenvalue weighted by molar-refractivity contribution is 7.92. The molecule has 6 rings (SSSR count). The van der Waals surface area contributed by atoms with E-state index in [0.29, 0.717) is 42.0 Å². The average molecular weight is 493 g/mol. The van der Waals surface area contributed by atoms with Crippen molar-refractivity contribution in [2.75, 3.05) is 18.4 Å². The number of rotatable bonds is 7. The summed E-state index contributed by atoms with van der Waals surface area (Å²) in [5, 5.41) is 12.9. The predicted molar refractivity (Wildman–Crippen MR) is 125 cm³/mol. The molecule has 0 spiro atoms. The minimum absolute atomic E-state index is 0.0512. The van der Waals surface area contributed by atoms with Crippen molar-refractivity contribution in [3.8, 4) is 17.2 Å². The molecule has 1 N–H and O–H groups in total. The van der Waals surface area contributed by atoms with E-state index in [2.05, 4.69) is 20.1 Å². The predicted octanol–water partition coefficient (Wildman–Crippen LogP) is 3.00. The van der Waals surface area contributed by atoms with Crippen LogP contribution in [-0.2, 0) is 23.0 Å². The molecule has 11 nitrogen and oxygen atoms in total. The van der Waals surface area contributed by atoms with Gasteiger partial charge in [0.25, 0.3) is 10.0 Å². The Labute approximate surface area is 199 Å². The Bertz CT molecular complexity index is 1620. The van der Waals surface area contributed by atoms with Crippen molar-refractivity contribution in [3.63, 3.8) is 0 Å². The van der Waals surface area contributed by atoms with E-state index in [1.807, 2.05) is 18.3 Å². The van der Waals surface area contributed by atoms with E-state index in [0.717, 1.165) is 11.1 Å². The zero-order valence-electron chi connectivity index (χ0n) is 18.6. The first kappa shape index (κ1) is 21.2. The van der Waals surface area contributed by atoms with Crippen molar-refractivity contribution in [2.45, 2.75) is 17.9 Å². The molecule has 0 radical (unpaired) electrons. The number of nitrogens with zero attached hydrogens (tertiary/aromatic N) is 5. The normalized spacial score (nSPS) is 13.1. The fourth-order valence-electron chi connectivity index (χ4n) is 4.25. The highest BCUT2D eigenvalue weighted by Gasteiger charge is 2.29. The van der Waals surface area contributed by atoms with E-state index < -0.39 is 10.0 Å². The maximum Gasteiger partial charge on any atom is 0.266 e. The van der Waals surface area contributed by atoms with Gasteiger partial charge in [0.2, 0.25) is 0 Å². The molecule has 1 aliphatic rings. The first-order chi connectivity index (χ1) is 17.0. The van der Waals surface area contributed by atoms with Crippen molar-refractivity contribution in [1.82, 2.24) is 24.7 Å². The van der Waals surface area contributed by atoms with Gasteiger partial charge in [-0.05, 0) is 42.0 Å². The summed E-state index contributed by atoms with van der Waals surface area (Å²) >= 11 is 0. The summed E-state index contributed by atoms with van der Waals surface area (Å²) in [6, 6.07) is 10.2. The van der Waals surface area contributed by atoms with Crippen molar-refractivity contribution in [2.24, 2.45) is 0 Å². The maximum absolute atomic E-state index is 13.5. The Morgan fingerprint density at radius 2 is 2.00 bits per heavy atom. The van der Waals surface area contributed by atoms with Gasteiger partial charge in [-0.25, -0.2) is 13.1 Å². The Kier molecular flexibility index (Phi) is 4.95. The van der Waals surface area contributed by atoms with E-state index in [-0.39, 0.29) is 16.5 Å². The van der Waals surface area contributed by atoms with Gasteiger partial charge in [0, 0.05) is 36.8 Å². The first-order valence-corrected chi connectivity index (χ1v) is 12.3. The standard InChI is InChI=1S/C23H20N6O5S/c1-32-18-5-4-16(29-10-3-8-25-29)13-20(18)35(30,31)27-23-21-19(34-26-23)12-15(14-28-9-2-7-24-28)17-6-11-33-22(17)21/h2-5,7-10,12-13H,6,11,14H2,1H3,(H,26,27). The summed E-state index contributed by atoms with van der Waals surface area (Å²) in [7, 11) is -2.70. The van der Waals surface area contributed by atoms with Crippen LogP contribution in [0.4, 0.5) is 5.82 Å². The molecule has 5 aromatic rings. The van der Waals surface area contributed by atoms with Gasteiger partial charge in [-0.15, -0.1) is 0 Å². The van der Waals surface area contributed by atoms with Crippen LogP contribution in [-0.4, -0.2) is 46.9 Å². The lowest BCUT2D eigenvalue weighted by atomic mass is 10.0. The number of aromatic nitrogens is 5. The van der Waals surface area contributed by atoms with Crippen LogP contribution in [0.2, 0.25) is 0 Å². The number of sulfonamides is 1. The third-order valence-corrected chi connectivity index (χ3v) is 7.20. The van der Waals surface area contributed by atoms with Gasteiger partial charge in [0.1, 0.15) is 21.8 Å². The molecule has 0 atom stereocenters. The molecule has 4 heterocycles. The van der Waals surface area contributed by atoms with Crippen molar-refractivity contribution >= 4 is 26.8 Å². The highest BCUT2D eigenvalue weighted by atomic mass is 32.2. The Balaban J connectivity index is 1.41. The second-order valence-corrected chi connectivity index (χ2v) is 9.59. The topological polar surface area (TPSA) is 126 Å². The lowest BCUT2D eigenvalue weighted by Crippen LogP contribution is -2.15. The summed E-state index contributed by atoms with van der Waals surface area (Å²) in [6.07, 6.45) is 7.61. The number of methoxy groups -OCH3 is 1. The Morgan fingerprint density at radius 3 is 2.77 bits per heavy atom. The molecule has 0 saturated carbocycles. The van der Waals surface area contributed by atoms with Crippen LogP contribution in [0.3, 0.4) is 0 Å². The van der Waals surface area contributed by atoms with Crippen molar-refractivity contribution in [3.05, 3.63) is 72.3 Å². The Hall–Kier alpha value is -4.32. The molecule has 1 aliphatic heterocycles. The molecule has 12 heteroatoms. The molecule has 0 aliphatic carbocycles. The molecule has 35 heavy (non-hydrogen) atoms. The summed E-state index contributed by atoms with van der Waals surface area (Å²) in [6.45, 7) is 1.02. The molecule has 0 saturated heterocycles. The SMILES string of the molecule is COc1ccc(-n2cccn2)cc1S(=O)(=O)Nc1noc2cc(Cn3cccn3)c3c(c12)OCC3. The van der Waals surface area contributed by atoms with Crippen LogP contribution in [0.5, 0.6) is 11.5 Å². The van der Waals surface area contributed by atoms with Crippen LogP contribution < -0.4 is 14.2 Å². The first-order valence-electron chi connectivity index (χ1n) is 10.8. The average Bonchev–Trinajstić information content (AvgIpc) is 3.66. The van der Waals surface area contributed by atoms with Gasteiger partial charge in [-0.1, -0.05) is 5.16 Å². The number of fused-ring (bicyclic) bond motifs is 3. The van der Waals surface area contributed by atoms with Crippen LogP contribution in [0.25, 0.3) is 16.7 Å². The molecule has 0 unspecified atom stereocenters. The minimum Gasteiger partial charge on any atom is -0.495 e. The molecule has 3 aromatic heterocycles. The number of hydrogen-bond donors (Lipinski definition) is 1. The third kappa shape index (κ3) is 3.67. The van der Waals surface area contributed by atoms with Crippen LogP contribution >= 0.6 is 0 Å². The second kappa shape index (κ2) is 8.17. The van der Waals surface area contributed by atoms with Crippen LogP contribution in [0.15, 0.2) is 70.6 Å².